The first-order valence-corrected chi connectivity index (χ1v) is 7.31. The largest absolute Gasteiger partial charge is 0.378 e. The Labute approximate surface area is 142 Å². The van der Waals surface area contributed by atoms with E-state index in [0.29, 0.717) is 0 Å². The van der Waals surface area contributed by atoms with Gasteiger partial charge < -0.3 is 15.4 Å². The molecule has 0 saturated carbocycles. The molecule has 0 saturated heterocycles. The van der Waals surface area contributed by atoms with Gasteiger partial charge in [0.25, 0.3) is 0 Å². The van der Waals surface area contributed by atoms with Crippen LogP contribution in [0.4, 0.5) is 18.4 Å². The Morgan fingerprint density at radius 1 is 1.32 bits per heavy atom. The number of Topliss-reactive ketones (excluding diaryl/α,β-unsaturated/α-hetero) is 1. The van der Waals surface area contributed by atoms with E-state index < -0.39 is 35.5 Å². The molecule has 7 nitrogen and oxygen atoms in total. The van der Waals surface area contributed by atoms with E-state index in [2.05, 4.69) is 10.6 Å². The highest BCUT2D eigenvalue weighted by Crippen LogP contribution is 2.34. The number of benzene rings is 1. The van der Waals surface area contributed by atoms with E-state index in [0.717, 1.165) is 17.0 Å². The molecule has 0 fully saturated rings. The van der Waals surface area contributed by atoms with E-state index >= 15 is 0 Å². The minimum Gasteiger partial charge on any atom is -0.378 e. The van der Waals surface area contributed by atoms with Crippen molar-refractivity contribution in [3.63, 3.8) is 0 Å². The number of hydrogen-bond donors (Lipinski definition) is 2. The Balaban J connectivity index is 2.71. The fraction of sp³-hybridized carbons (Fsp3) is 0.312. The molecule has 134 valence electrons. The predicted octanol–water partition coefficient (Wildman–Crippen LogP) is 1.86. The molecule has 0 bridgehead atoms. The summed E-state index contributed by atoms with van der Waals surface area (Å²) in [6.45, 7) is 1.15. The maximum absolute atomic E-state index is 13.7. The summed E-state index contributed by atoms with van der Waals surface area (Å²) >= 11 is 0. The highest BCUT2D eigenvalue weighted by atomic mass is 19.2. The summed E-state index contributed by atoms with van der Waals surface area (Å²) in [6.07, 6.45) is 0. The summed E-state index contributed by atoms with van der Waals surface area (Å²) in [7, 11) is 2.67. The van der Waals surface area contributed by atoms with Crippen molar-refractivity contribution in [2.24, 2.45) is 0 Å². The van der Waals surface area contributed by atoms with E-state index in [4.69, 9.17) is 4.74 Å². The molecule has 1 aromatic carbocycles. The van der Waals surface area contributed by atoms with Crippen LogP contribution < -0.4 is 10.6 Å². The zero-order valence-corrected chi connectivity index (χ0v) is 13.9. The van der Waals surface area contributed by atoms with Crippen LogP contribution in [0.1, 0.15) is 18.5 Å². The SMILES string of the molecule is CNC(=O)N1C(=O)NC(COC)=C(C(C)=O)C1c1ccc(F)c(F)c1. The molecule has 0 aliphatic carbocycles. The predicted molar refractivity (Wildman–Crippen MR) is 83.5 cm³/mol. The number of imide groups is 1. The van der Waals surface area contributed by atoms with E-state index in [9.17, 15) is 23.2 Å². The van der Waals surface area contributed by atoms with Gasteiger partial charge in [-0.3, -0.25) is 4.79 Å². The lowest BCUT2D eigenvalue weighted by Crippen LogP contribution is -2.54. The molecule has 1 aromatic rings. The number of rotatable bonds is 4. The van der Waals surface area contributed by atoms with Crippen LogP contribution in [0, 0.1) is 11.6 Å². The number of amides is 4. The average Bonchev–Trinajstić information content (AvgIpc) is 2.56. The van der Waals surface area contributed by atoms with Crippen molar-refractivity contribution in [3.05, 3.63) is 46.7 Å². The summed E-state index contributed by atoms with van der Waals surface area (Å²) in [5, 5.41) is 4.72. The van der Waals surface area contributed by atoms with E-state index in [-0.39, 0.29) is 23.4 Å². The molecule has 25 heavy (non-hydrogen) atoms. The Bertz CT molecular complexity index is 764. The van der Waals surface area contributed by atoms with Crippen LogP contribution in [0.25, 0.3) is 0 Å². The normalized spacial score (nSPS) is 17.4. The van der Waals surface area contributed by atoms with Crippen molar-refractivity contribution < 1.29 is 27.9 Å². The van der Waals surface area contributed by atoms with Crippen LogP contribution >= 0.6 is 0 Å². The van der Waals surface area contributed by atoms with Gasteiger partial charge in [-0.1, -0.05) is 6.07 Å². The number of ether oxygens (including phenoxy) is 1. The smallest absolute Gasteiger partial charge is 0.330 e. The van der Waals surface area contributed by atoms with Crippen LogP contribution in [0.5, 0.6) is 0 Å². The minimum atomic E-state index is -1.22. The van der Waals surface area contributed by atoms with Crippen molar-refractivity contribution >= 4 is 17.8 Å². The second kappa shape index (κ2) is 7.39. The number of halogens is 2. The van der Waals surface area contributed by atoms with Gasteiger partial charge in [-0.25, -0.2) is 23.3 Å². The zero-order chi connectivity index (χ0) is 18.7. The highest BCUT2D eigenvalue weighted by molar-refractivity contribution is 6.03. The van der Waals surface area contributed by atoms with Crippen molar-refractivity contribution in [1.82, 2.24) is 15.5 Å². The van der Waals surface area contributed by atoms with Crippen LogP contribution in [0.3, 0.4) is 0 Å². The first-order valence-electron chi connectivity index (χ1n) is 7.31. The molecular weight excluding hydrogens is 336 g/mol. The van der Waals surface area contributed by atoms with Gasteiger partial charge >= 0.3 is 12.1 Å². The number of methoxy groups -OCH3 is 1. The van der Waals surface area contributed by atoms with Gasteiger partial charge in [0.2, 0.25) is 0 Å². The lowest BCUT2D eigenvalue weighted by Gasteiger charge is -2.36. The lowest BCUT2D eigenvalue weighted by atomic mass is 9.91. The summed E-state index contributed by atoms with van der Waals surface area (Å²) in [6, 6.07) is 0.0971. The topological polar surface area (TPSA) is 87.7 Å². The van der Waals surface area contributed by atoms with Crippen molar-refractivity contribution in [2.45, 2.75) is 13.0 Å². The van der Waals surface area contributed by atoms with Crippen LogP contribution in [0.2, 0.25) is 0 Å². The Hall–Kier alpha value is -2.81. The fourth-order valence-corrected chi connectivity index (χ4v) is 2.66. The quantitative estimate of drug-likeness (QED) is 0.865. The van der Waals surface area contributed by atoms with Crippen LogP contribution in [0.15, 0.2) is 29.5 Å². The zero-order valence-electron chi connectivity index (χ0n) is 13.9. The van der Waals surface area contributed by atoms with Gasteiger partial charge in [-0.2, -0.15) is 0 Å². The highest BCUT2D eigenvalue weighted by Gasteiger charge is 2.41. The van der Waals surface area contributed by atoms with Crippen molar-refractivity contribution in [3.8, 4) is 0 Å². The molecule has 0 aromatic heterocycles. The molecular formula is C16H17F2N3O4. The standard InChI is InChI=1S/C16H17F2N3O4/c1-8(22)13-12(7-25-3)20-16(24)21(15(23)19-2)14(13)9-4-5-10(17)11(18)6-9/h4-6,14H,7H2,1-3H3,(H,19,23)(H,20,24). The number of nitrogens with one attached hydrogen (secondary N) is 2. The van der Waals surface area contributed by atoms with Crippen LogP contribution in [-0.4, -0.2) is 43.5 Å². The molecule has 2 N–H and O–H groups in total. The number of hydrogen-bond acceptors (Lipinski definition) is 4. The second-order valence-corrected chi connectivity index (χ2v) is 5.31. The van der Waals surface area contributed by atoms with Gasteiger partial charge in [0, 0.05) is 19.7 Å². The molecule has 1 aliphatic rings. The number of nitrogens with zero attached hydrogens (tertiary/aromatic N) is 1. The molecule has 1 unspecified atom stereocenters. The monoisotopic (exact) mass is 353 g/mol. The van der Waals surface area contributed by atoms with E-state index in [1.807, 2.05) is 0 Å². The molecule has 1 atom stereocenters. The van der Waals surface area contributed by atoms with E-state index in [1.165, 1.54) is 27.1 Å². The minimum absolute atomic E-state index is 0.0519. The molecule has 2 rings (SSSR count). The summed E-state index contributed by atoms with van der Waals surface area (Å²) < 4.78 is 31.9. The first kappa shape index (κ1) is 18.5. The Kier molecular flexibility index (Phi) is 5.48. The molecule has 4 amide bonds. The fourth-order valence-electron chi connectivity index (χ4n) is 2.66. The van der Waals surface area contributed by atoms with Crippen LogP contribution in [-0.2, 0) is 9.53 Å². The van der Waals surface area contributed by atoms with Crippen molar-refractivity contribution in [1.29, 1.82) is 0 Å². The number of urea groups is 2. The molecule has 0 radical (unpaired) electrons. The van der Waals surface area contributed by atoms with Gasteiger partial charge in [0.15, 0.2) is 17.4 Å². The third-order valence-corrected chi connectivity index (χ3v) is 3.69. The first-order chi connectivity index (χ1) is 11.8. The average molecular weight is 353 g/mol. The maximum atomic E-state index is 13.7. The maximum Gasteiger partial charge on any atom is 0.330 e. The number of ketones is 1. The Morgan fingerprint density at radius 2 is 2.00 bits per heavy atom. The molecule has 1 aliphatic heterocycles. The third-order valence-electron chi connectivity index (χ3n) is 3.69. The van der Waals surface area contributed by atoms with Gasteiger partial charge in [-0.05, 0) is 24.6 Å². The van der Waals surface area contributed by atoms with E-state index in [1.54, 1.807) is 0 Å². The molecule has 0 spiro atoms. The number of carbonyl (C=O) groups is 3. The third kappa shape index (κ3) is 3.50. The summed E-state index contributed by atoms with van der Waals surface area (Å²) in [5.41, 5.74) is 0.294. The van der Waals surface area contributed by atoms with Crippen molar-refractivity contribution in [2.75, 3.05) is 20.8 Å². The summed E-state index contributed by atoms with van der Waals surface area (Å²) in [5.74, 6) is -2.69. The summed E-state index contributed by atoms with van der Waals surface area (Å²) in [4.78, 5) is 37.5. The second-order valence-electron chi connectivity index (χ2n) is 5.31. The van der Waals surface area contributed by atoms with Gasteiger partial charge in [0.05, 0.1) is 18.3 Å². The van der Waals surface area contributed by atoms with Gasteiger partial charge in [-0.15, -0.1) is 0 Å². The molecule has 1 heterocycles. The number of carbonyl (C=O) groups excluding carboxylic acids is 3. The van der Waals surface area contributed by atoms with Gasteiger partial charge in [0.1, 0.15) is 0 Å². The lowest BCUT2D eigenvalue weighted by molar-refractivity contribution is -0.114. The molecule has 9 heteroatoms. The Morgan fingerprint density at radius 3 is 2.52 bits per heavy atom.